The second-order valence-electron chi connectivity index (χ2n) is 9.60. The summed E-state index contributed by atoms with van der Waals surface area (Å²) in [5, 5.41) is 9.61. The van der Waals surface area contributed by atoms with Crippen LogP contribution in [-0.2, 0) is 10.2 Å². The maximum atomic E-state index is 13.1. The number of aromatic nitrogens is 2. The highest BCUT2D eigenvalue weighted by Crippen LogP contribution is 2.27. The van der Waals surface area contributed by atoms with Gasteiger partial charge in [0.25, 0.3) is 5.91 Å². The fourth-order valence-electron chi connectivity index (χ4n) is 3.91. The van der Waals surface area contributed by atoms with Crippen molar-refractivity contribution in [1.29, 1.82) is 0 Å². The number of amides is 2. The van der Waals surface area contributed by atoms with Gasteiger partial charge in [-0.3, -0.25) is 9.59 Å². The van der Waals surface area contributed by atoms with Gasteiger partial charge >= 0.3 is 0 Å². The third kappa shape index (κ3) is 4.71. The van der Waals surface area contributed by atoms with Gasteiger partial charge < -0.3 is 10.2 Å². The van der Waals surface area contributed by atoms with Crippen molar-refractivity contribution in [2.75, 3.05) is 18.9 Å². The lowest BCUT2D eigenvalue weighted by molar-refractivity contribution is -0.116. The Morgan fingerprint density at radius 2 is 1.65 bits per heavy atom. The van der Waals surface area contributed by atoms with Crippen molar-refractivity contribution in [3.63, 3.8) is 0 Å². The Morgan fingerprint density at radius 1 is 0.971 bits per heavy atom. The van der Waals surface area contributed by atoms with Crippen molar-refractivity contribution in [3.8, 4) is 5.69 Å². The Labute approximate surface area is 200 Å². The molecule has 0 spiro atoms. The second kappa shape index (κ2) is 9.14. The maximum absolute atomic E-state index is 13.1. The number of anilines is 1. The maximum Gasteiger partial charge on any atom is 0.254 e. The summed E-state index contributed by atoms with van der Waals surface area (Å²) in [5.74, 6) is 0.0938. The number of nitrogens with zero attached hydrogens (tertiary/aromatic N) is 3. The predicted molar refractivity (Wildman–Crippen MR) is 137 cm³/mol. The quantitative estimate of drug-likeness (QED) is 0.442. The molecule has 0 aliphatic rings. The van der Waals surface area contributed by atoms with E-state index in [9.17, 15) is 9.59 Å². The average Bonchev–Trinajstić information content (AvgIpc) is 3.22. The van der Waals surface area contributed by atoms with Crippen LogP contribution in [0.4, 0.5) is 5.82 Å². The molecule has 0 saturated heterocycles. The monoisotopic (exact) mass is 454 g/mol. The van der Waals surface area contributed by atoms with Gasteiger partial charge in [0.15, 0.2) is 0 Å². The number of benzene rings is 3. The molecule has 1 aromatic heterocycles. The summed E-state index contributed by atoms with van der Waals surface area (Å²) >= 11 is 0. The Hall–Kier alpha value is -3.93. The predicted octanol–water partition coefficient (Wildman–Crippen LogP) is 5.34. The molecule has 3 aromatic carbocycles. The highest BCUT2D eigenvalue weighted by atomic mass is 16.2. The van der Waals surface area contributed by atoms with Crippen molar-refractivity contribution in [1.82, 2.24) is 14.7 Å². The number of aryl methyl sites for hydroxylation is 1. The van der Waals surface area contributed by atoms with E-state index in [2.05, 4.69) is 26.1 Å². The van der Waals surface area contributed by atoms with Gasteiger partial charge in [0.1, 0.15) is 5.82 Å². The molecule has 0 aliphatic carbocycles. The number of fused-ring (bicyclic) bond motifs is 1. The minimum atomic E-state index is -0.286. The van der Waals surface area contributed by atoms with Crippen LogP contribution in [0.5, 0.6) is 0 Å². The molecule has 0 unspecified atom stereocenters. The normalized spacial score (nSPS) is 11.4. The van der Waals surface area contributed by atoms with Crippen LogP contribution in [0.15, 0.2) is 72.8 Å². The van der Waals surface area contributed by atoms with Gasteiger partial charge in [-0.15, -0.1) is 0 Å². The zero-order valence-electron chi connectivity index (χ0n) is 20.3. The van der Waals surface area contributed by atoms with E-state index in [1.54, 1.807) is 17.8 Å². The Morgan fingerprint density at radius 3 is 2.38 bits per heavy atom. The molecule has 174 valence electrons. The van der Waals surface area contributed by atoms with Crippen molar-refractivity contribution >= 4 is 28.4 Å². The van der Waals surface area contributed by atoms with Crippen LogP contribution in [-0.4, -0.2) is 40.1 Å². The number of rotatable bonds is 5. The fourth-order valence-corrected chi connectivity index (χ4v) is 3.91. The number of hydrogen-bond acceptors (Lipinski definition) is 3. The van der Waals surface area contributed by atoms with Gasteiger partial charge in [-0.1, -0.05) is 75.4 Å². The summed E-state index contributed by atoms with van der Waals surface area (Å²) in [6.07, 6.45) is 0. The van der Waals surface area contributed by atoms with E-state index in [0.29, 0.717) is 11.4 Å². The van der Waals surface area contributed by atoms with Gasteiger partial charge in [-0.05, 0) is 35.4 Å². The largest absolute Gasteiger partial charge is 0.332 e. The van der Waals surface area contributed by atoms with Crippen LogP contribution >= 0.6 is 0 Å². The average molecular weight is 455 g/mol. The minimum Gasteiger partial charge on any atom is -0.332 e. The van der Waals surface area contributed by atoms with Crippen molar-refractivity contribution in [2.24, 2.45) is 0 Å². The summed E-state index contributed by atoms with van der Waals surface area (Å²) < 4.78 is 1.76. The lowest BCUT2D eigenvalue weighted by Gasteiger charge is -2.18. The molecule has 1 heterocycles. The van der Waals surface area contributed by atoms with Gasteiger partial charge in [0, 0.05) is 24.1 Å². The van der Waals surface area contributed by atoms with E-state index >= 15 is 0 Å². The van der Waals surface area contributed by atoms with Crippen LogP contribution in [0.2, 0.25) is 0 Å². The van der Waals surface area contributed by atoms with Crippen molar-refractivity contribution < 1.29 is 9.59 Å². The molecule has 0 saturated carbocycles. The topological polar surface area (TPSA) is 67.2 Å². The molecule has 34 heavy (non-hydrogen) atoms. The molecule has 4 aromatic rings. The van der Waals surface area contributed by atoms with Crippen LogP contribution in [0.25, 0.3) is 16.5 Å². The van der Waals surface area contributed by atoms with E-state index in [1.165, 1.54) is 4.90 Å². The SMILES string of the molecule is Cc1ccccc1-n1nc(C(C)(C)C)cc1NC(=O)CN(C)C(=O)c1cccc2ccccc12. The molecule has 0 aliphatic heterocycles. The van der Waals surface area contributed by atoms with E-state index in [4.69, 9.17) is 5.10 Å². The number of nitrogens with one attached hydrogen (secondary N) is 1. The highest BCUT2D eigenvalue weighted by molar-refractivity contribution is 6.08. The lowest BCUT2D eigenvalue weighted by atomic mass is 9.92. The smallest absolute Gasteiger partial charge is 0.254 e. The number of para-hydroxylation sites is 1. The Balaban J connectivity index is 1.57. The Bertz CT molecular complexity index is 1360. The van der Waals surface area contributed by atoms with E-state index in [-0.39, 0.29) is 23.8 Å². The molecule has 2 amide bonds. The summed E-state index contributed by atoms with van der Waals surface area (Å²) in [4.78, 5) is 27.6. The van der Waals surface area contributed by atoms with E-state index in [0.717, 1.165) is 27.7 Å². The summed E-state index contributed by atoms with van der Waals surface area (Å²) in [5.41, 5.74) is 3.20. The molecular weight excluding hydrogens is 424 g/mol. The summed E-state index contributed by atoms with van der Waals surface area (Å²) in [7, 11) is 1.64. The first-order chi connectivity index (χ1) is 16.1. The standard InChI is InChI=1S/C28H30N4O2/c1-19-11-6-9-16-23(19)32-25(17-24(30-32)28(2,3)4)29-26(33)18-31(5)27(34)22-15-10-13-20-12-7-8-14-21(20)22/h6-17H,18H2,1-5H3,(H,29,33). The van der Waals surface area contributed by atoms with Crippen molar-refractivity contribution in [3.05, 3.63) is 89.6 Å². The molecule has 0 fully saturated rings. The first kappa shape index (κ1) is 23.2. The first-order valence-electron chi connectivity index (χ1n) is 11.3. The zero-order chi connectivity index (χ0) is 24.5. The van der Waals surface area contributed by atoms with Gasteiger partial charge in [0.2, 0.25) is 5.91 Å². The van der Waals surface area contributed by atoms with Gasteiger partial charge in [0.05, 0.1) is 17.9 Å². The van der Waals surface area contributed by atoms with Crippen LogP contribution in [0, 0.1) is 6.92 Å². The summed E-state index contributed by atoms with van der Waals surface area (Å²) in [6, 6.07) is 23.2. The number of carbonyl (C=O) groups excluding carboxylic acids is 2. The van der Waals surface area contributed by atoms with E-state index < -0.39 is 0 Å². The third-order valence-electron chi connectivity index (χ3n) is 5.84. The fraction of sp³-hybridized carbons (Fsp3) is 0.250. The van der Waals surface area contributed by atoms with Crippen molar-refractivity contribution in [2.45, 2.75) is 33.1 Å². The molecule has 6 nitrogen and oxygen atoms in total. The van der Waals surface area contributed by atoms with Gasteiger partial charge in [-0.2, -0.15) is 5.10 Å². The van der Waals surface area contributed by atoms with Crippen LogP contribution in [0.3, 0.4) is 0 Å². The Kier molecular flexibility index (Phi) is 6.24. The molecule has 6 heteroatoms. The number of carbonyl (C=O) groups is 2. The summed E-state index contributed by atoms with van der Waals surface area (Å²) in [6.45, 7) is 8.18. The number of hydrogen-bond donors (Lipinski definition) is 1. The molecular formula is C28H30N4O2. The molecule has 4 rings (SSSR count). The first-order valence-corrected chi connectivity index (χ1v) is 11.3. The van der Waals surface area contributed by atoms with Crippen LogP contribution in [0.1, 0.15) is 42.4 Å². The van der Waals surface area contributed by atoms with Gasteiger partial charge in [-0.25, -0.2) is 4.68 Å². The molecule has 1 N–H and O–H groups in total. The highest BCUT2D eigenvalue weighted by Gasteiger charge is 2.23. The molecule has 0 radical (unpaired) electrons. The number of likely N-dealkylation sites (N-methyl/N-ethyl adjacent to an activating group) is 1. The van der Waals surface area contributed by atoms with Crippen LogP contribution < -0.4 is 5.32 Å². The second-order valence-corrected chi connectivity index (χ2v) is 9.60. The molecule has 0 atom stereocenters. The lowest BCUT2D eigenvalue weighted by Crippen LogP contribution is -2.35. The third-order valence-corrected chi connectivity index (χ3v) is 5.84. The molecule has 0 bridgehead atoms. The zero-order valence-corrected chi connectivity index (χ0v) is 20.3. The van der Waals surface area contributed by atoms with E-state index in [1.807, 2.05) is 73.7 Å². The minimum absolute atomic E-state index is 0.0775.